The first-order chi connectivity index (χ1) is 14.0. The van der Waals surface area contributed by atoms with Crippen molar-refractivity contribution in [2.45, 2.75) is 58.5 Å². The molecule has 2 fully saturated rings. The lowest BCUT2D eigenvalue weighted by molar-refractivity contribution is -0.121. The third-order valence-electron chi connectivity index (χ3n) is 5.81. The first-order valence-corrected chi connectivity index (χ1v) is 11.0. The minimum Gasteiger partial charge on any atom is -0.466 e. The van der Waals surface area contributed by atoms with Gasteiger partial charge in [-0.15, -0.1) is 0 Å². The van der Waals surface area contributed by atoms with Crippen molar-refractivity contribution in [3.05, 3.63) is 23.2 Å². The van der Waals surface area contributed by atoms with Crippen molar-refractivity contribution in [2.75, 3.05) is 45.9 Å². The molecule has 2 aliphatic heterocycles. The first-order valence-electron chi connectivity index (χ1n) is 11.0. The zero-order valence-corrected chi connectivity index (χ0v) is 17.9. The van der Waals surface area contributed by atoms with Crippen LogP contribution in [0.3, 0.4) is 0 Å². The summed E-state index contributed by atoms with van der Waals surface area (Å²) in [5, 5.41) is 3.00. The van der Waals surface area contributed by atoms with E-state index < -0.39 is 0 Å². The number of nitrogens with one attached hydrogen (secondary N) is 1. The van der Waals surface area contributed by atoms with E-state index in [4.69, 9.17) is 9.15 Å². The summed E-state index contributed by atoms with van der Waals surface area (Å²) in [5.41, 5.74) is 0.575. The fraction of sp³-hybridized carbons (Fsp3) is 0.727. The summed E-state index contributed by atoms with van der Waals surface area (Å²) in [6.45, 7) is 9.11. The van der Waals surface area contributed by atoms with Crippen molar-refractivity contribution in [1.29, 1.82) is 0 Å². The summed E-state index contributed by atoms with van der Waals surface area (Å²) in [6, 6.07) is 1.78. The van der Waals surface area contributed by atoms with Gasteiger partial charge in [-0.05, 0) is 58.7 Å². The third kappa shape index (κ3) is 6.57. The number of ether oxygens (including phenoxy) is 1. The molecule has 2 saturated heterocycles. The smallest absolute Gasteiger partial charge is 0.257 e. The molecular weight excluding hydrogens is 370 g/mol. The number of carbonyl (C=O) groups is 2. The molecule has 3 rings (SSSR count). The Morgan fingerprint density at radius 2 is 2.00 bits per heavy atom. The number of carbonyl (C=O) groups excluding carboxylic acids is 2. The number of likely N-dealkylation sites (tertiary alicyclic amines) is 1. The summed E-state index contributed by atoms with van der Waals surface area (Å²) in [5.74, 6) is 1.25. The van der Waals surface area contributed by atoms with Crippen LogP contribution >= 0.6 is 0 Å². The molecule has 2 aliphatic rings. The standard InChI is InChI=1S/C22H35N3O4/c1-17-15-20(18(2)29-17)22(27)25(16-19-7-6-14-28-19)12-8-21(26)23-9-13-24-10-4-3-5-11-24/h15,19H,3-14,16H2,1-2H3,(H,23,26)/t19-/m1/s1. The average molecular weight is 406 g/mol. The molecule has 1 aromatic heterocycles. The second-order valence-corrected chi connectivity index (χ2v) is 8.22. The van der Waals surface area contributed by atoms with Gasteiger partial charge in [-0.1, -0.05) is 6.42 Å². The van der Waals surface area contributed by atoms with Crippen molar-refractivity contribution in [3.63, 3.8) is 0 Å². The normalized spacial score (nSPS) is 20.0. The van der Waals surface area contributed by atoms with E-state index >= 15 is 0 Å². The van der Waals surface area contributed by atoms with E-state index in [-0.39, 0.29) is 17.9 Å². The van der Waals surface area contributed by atoms with Gasteiger partial charge in [0.1, 0.15) is 11.5 Å². The van der Waals surface area contributed by atoms with Crippen molar-refractivity contribution in [3.8, 4) is 0 Å². The van der Waals surface area contributed by atoms with Crippen LogP contribution in [0.5, 0.6) is 0 Å². The Morgan fingerprint density at radius 3 is 2.66 bits per heavy atom. The van der Waals surface area contributed by atoms with Crippen LogP contribution < -0.4 is 5.32 Å². The Hall–Kier alpha value is -1.86. The summed E-state index contributed by atoms with van der Waals surface area (Å²) >= 11 is 0. The van der Waals surface area contributed by atoms with Crippen LogP contribution in [0.1, 0.15) is 60.4 Å². The molecule has 1 N–H and O–H groups in total. The zero-order chi connectivity index (χ0) is 20.6. The minimum absolute atomic E-state index is 0.00718. The molecule has 0 aromatic carbocycles. The number of aryl methyl sites for hydroxylation is 2. The molecule has 0 aliphatic carbocycles. The number of hydrogen-bond donors (Lipinski definition) is 1. The number of amides is 2. The summed E-state index contributed by atoms with van der Waals surface area (Å²) in [4.78, 5) is 29.6. The van der Waals surface area contributed by atoms with Crippen LogP contribution in [-0.2, 0) is 9.53 Å². The lowest BCUT2D eigenvalue weighted by Gasteiger charge is -2.27. The van der Waals surface area contributed by atoms with Gasteiger partial charge in [-0.3, -0.25) is 9.59 Å². The van der Waals surface area contributed by atoms with Crippen LogP contribution in [0, 0.1) is 13.8 Å². The van der Waals surface area contributed by atoms with Crippen molar-refractivity contribution >= 4 is 11.8 Å². The maximum Gasteiger partial charge on any atom is 0.257 e. The summed E-state index contributed by atoms with van der Waals surface area (Å²) in [6.07, 6.45) is 6.14. The van der Waals surface area contributed by atoms with Gasteiger partial charge in [-0.25, -0.2) is 0 Å². The monoisotopic (exact) mass is 405 g/mol. The predicted octanol–water partition coefficient (Wildman–Crippen LogP) is 2.51. The van der Waals surface area contributed by atoms with E-state index in [9.17, 15) is 9.59 Å². The Bertz CT molecular complexity index is 676. The molecule has 29 heavy (non-hydrogen) atoms. The minimum atomic E-state index is -0.0871. The van der Waals surface area contributed by atoms with Crippen molar-refractivity contribution in [2.24, 2.45) is 0 Å². The van der Waals surface area contributed by atoms with Gasteiger partial charge >= 0.3 is 0 Å². The van der Waals surface area contributed by atoms with Crippen molar-refractivity contribution < 1.29 is 18.7 Å². The molecule has 7 heteroatoms. The van der Waals surface area contributed by atoms with Gasteiger partial charge < -0.3 is 24.3 Å². The van der Waals surface area contributed by atoms with E-state index in [1.165, 1.54) is 19.3 Å². The molecule has 162 valence electrons. The molecule has 0 bridgehead atoms. The highest BCUT2D eigenvalue weighted by molar-refractivity contribution is 5.95. The van der Waals surface area contributed by atoms with E-state index in [1.807, 2.05) is 6.92 Å². The Balaban J connectivity index is 1.49. The zero-order valence-electron chi connectivity index (χ0n) is 17.9. The molecule has 0 spiro atoms. The van der Waals surface area contributed by atoms with Crippen LogP contribution in [0.4, 0.5) is 0 Å². The molecule has 3 heterocycles. The lowest BCUT2D eigenvalue weighted by Crippen LogP contribution is -2.41. The quantitative estimate of drug-likeness (QED) is 0.683. The highest BCUT2D eigenvalue weighted by atomic mass is 16.5. The van der Waals surface area contributed by atoms with Gasteiger partial charge in [0, 0.05) is 39.2 Å². The molecule has 0 unspecified atom stereocenters. The highest BCUT2D eigenvalue weighted by Gasteiger charge is 2.26. The Kier molecular flexibility index (Phi) is 8.12. The topological polar surface area (TPSA) is 75.0 Å². The molecule has 0 saturated carbocycles. The molecule has 2 amide bonds. The molecule has 7 nitrogen and oxygen atoms in total. The highest BCUT2D eigenvalue weighted by Crippen LogP contribution is 2.19. The summed E-state index contributed by atoms with van der Waals surface area (Å²) in [7, 11) is 0. The van der Waals surface area contributed by atoms with Gasteiger partial charge in [-0.2, -0.15) is 0 Å². The Labute approximate surface area is 173 Å². The van der Waals surface area contributed by atoms with Crippen LogP contribution in [0.15, 0.2) is 10.5 Å². The largest absolute Gasteiger partial charge is 0.466 e. The maximum atomic E-state index is 13.1. The predicted molar refractivity (Wildman–Crippen MR) is 111 cm³/mol. The number of piperidine rings is 1. The van der Waals surface area contributed by atoms with E-state index in [0.717, 1.165) is 44.8 Å². The molecule has 1 atom stereocenters. The maximum absolute atomic E-state index is 13.1. The van der Waals surface area contributed by atoms with Crippen molar-refractivity contribution in [1.82, 2.24) is 15.1 Å². The van der Waals surface area contributed by atoms with Gasteiger partial charge in [0.2, 0.25) is 5.91 Å². The number of furan rings is 1. The fourth-order valence-electron chi connectivity index (χ4n) is 4.18. The third-order valence-corrected chi connectivity index (χ3v) is 5.81. The van der Waals surface area contributed by atoms with Gasteiger partial charge in [0.15, 0.2) is 0 Å². The number of hydrogen-bond acceptors (Lipinski definition) is 5. The first kappa shape index (κ1) is 21.8. The van der Waals surface area contributed by atoms with E-state index in [2.05, 4.69) is 10.2 Å². The second kappa shape index (κ2) is 10.8. The fourth-order valence-corrected chi connectivity index (χ4v) is 4.18. The van der Waals surface area contributed by atoms with Gasteiger partial charge in [0.05, 0.1) is 11.7 Å². The number of nitrogens with zero attached hydrogens (tertiary/aromatic N) is 2. The van der Waals surface area contributed by atoms with Gasteiger partial charge in [0.25, 0.3) is 5.91 Å². The summed E-state index contributed by atoms with van der Waals surface area (Å²) < 4.78 is 11.2. The number of rotatable bonds is 9. The van der Waals surface area contributed by atoms with E-state index in [0.29, 0.717) is 37.4 Å². The molecule has 1 aromatic rings. The SMILES string of the molecule is Cc1cc(C(=O)N(CCC(=O)NCCN2CCCCC2)C[C@H]2CCCO2)c(C)o1. The lowest BCUT2D eigenvalue weighted by atomic mass is 10.1. The second-order valence-electron chi connectivity index (χ2n) is 8.22. The van der Waals surface area contributed by atoms with Crippen LogP contribution in [0.25, 0.3) is 0 Å². The van der Waals surface area contributed by atoms with Crippen LogP contribution in [-0.4, -0.2) is 73.6 Å². The van der Waals surface area contributed by atoms with Crippen LogP contribution in [0.2, 0.25) is 0 Å². The Morgan fingerprint density at radius 1 is 1.21 bits per heavy atom. The molecule has 0 radical (unpaired) electrons. The molecular formula is C22H35N3O4. The average Bonchev–Trinajstić information content (AvgIpc) is 3.34. The van der Waals surface area contributed by atoms with E-state index in [1.54, 1.807) is 17.9 Å².